The smallest absolute Gasteiger partial charge is 0.119 e. The predicted octanol–water partition coefficient (Wildman–Crippen LogP) is 1.53. The number of methoxy groups -OCH3 is 1. The van der Waals surface area contributed by atoms with Crippen LogP contribution in [0.3, 0.4) is 0 Å². The Hall–Kier alpha value is -1.14. The fourth-order valence-electron chi connectivity index (χ4n) is 1.66. The second-order valence-electron chi connectivity index (χ2n) is 4.81. The van der Waals surface area contributed by atoms with E-state index >= 15 is 0 Å². The van der Waals surface area contributed by atoms with Crippen LogP contribution in [0.2, 0.25) is 0 Å². The van der Waals surface area contributed by atoms with Crippen molar-refractivity contribution in [3.05, 3.63) is 29.8 Å². The highest BCUT2D eigenvalue weighted by Gasteiger charge is 2.09. The average molecular weight is 284 g/mol. The van der Waals surface area contributed by atoms with E-state index < -0.39 is 12.2 Å². The summed E-state index contributed by atoms with van der Waals surface area (Å²) in [6, 6.07) is 7.17. The molecule has 1 aromatic rings. The Kier molecular flexibility index (Phi) is 7.54. The lowest BCUT2D eigenvalue weighted by Crippen LogP contribution is -2.27. The molecule has 0 amide bonds. The number of hydrogen-bond donors (Lipinski definition) is 2. The number of aliphatic hydroxyl groups excluding tert-OH is 2. The molecule has 0 aliphatic carbocycles. The second kappa shape index (κ2) is 8.92. The number of rotatable bonds is 9. The maximum absolute atomic E-state index is 9.77. The molecular formula is C15H24O5. The predicted molar refractivity (Wildman–Crippen MR) is 75.9 cm³/mol. The summed E-state index contributed by atoms with van der Waals surface area (Å²) in [5.74, 6) is 0.618. The van der Waals surface area contributed by atoms with Crippen molar-refractivity contribution in [1.29, 1.82) is 0 Å². The lowest BCUT2D eigenvalue weighted by molar-refractivity contribution is -0.0423. The summed E-state index contributed by atoms with van der Waals surface area (Å²) >= 11 is 0. The Morgan fingerprint density at radius 1 is 1.10 bits per heavy atom. The molecule has 20 heavy (non-hydrogen) atoms. The highest BCUT2D eigenvalue weighted by molar-refractivity contribution is 5.29. The minimum absolute atomic E-state index is 0.0618. The molecule has 5 heteroatoms. The standard InChI is InChI=1S/C15H24O5/c1-11(8-18-3)19-9-14(17)10-20-15-6-4-5-13(7-15)12(2)16/h4-7,11-12,14,16-17H,8-10H2,1-3H3. The largest absolute Gasteiger partial charge is 0.491 e. The van der Waals surface area contributed by atoms with E-state index in [1.807, 2.05) is 13.0 Å². The van der Waals surface area contributed by atoms with Crippen LogP contribution in [0.1, 0.15) is 25.5 Å². The summed E-state index contributed by atoms with van der Waals surface area (Å²) in [4.78, 5) is 0. The van der Waals surface area contributed by atoms with Gasteiger partial charge < -0.3 is 24.4 Å². The lowest BCUT2D eigenvalue weighted by atomic mass is 10.1. The Balaban J connectivity index is 2.33. The number of hydrogen-bond acceptors (Lipinski definition) is 5. The van der Waals surface area contributed by atoms with Crippen molar-refractivity contribution < 1.29 is 24.4 Å². The summed E-state index contributed by atoms with van der Waals surface area (Å²) in [5, 5.41) is 19.3. The van der Waals surface area contributed by atoms with Crippen molar-refractivity contribution in [2.75, 3.05) is 26.9 Å². The maximum Gasteiger partial charge on any atom is 0.119 e. The molecule has 0 saturated carbocycles. The molecule has 1 rings (SSSR count). The molecule has 0 fully saturated rings. The third-order valence-electron chi connectivity index (χ3n) is 2.76. The molecule has 1 aromatic carbocycles. The fourth-order valence-corrected chi connectivity index (χ4v) is 1.66. The Labute approximate surface area is 120 Å². The molecule has 3 unspecified atom stereocenters. The van der Waals surface area contributed by atoms with Gasteiger partial charge >= 0.3 is 0 Å². The molecule has 2 N–H and O–H groups in total. The third kappa shape index (κ3) is 6.34. The van der Waals surface area contributed by atoms with Crippen molar-refractivity contribution in [1.82, 2.24) is 0 Å². The fraction of sp³-hybridized carbons (Fsp3) is 0.600. The topological polar surface area (TPSA) is 68.2 Å². The van der Waals surface area contributed by atoms with Crippen LogP contribution in [0.15, 0.2) is 24.3 Å². The van der Waals surface area contributed by atoms with Crippen LogP contribution >= 0.6 is 0 Å². The zero-order valence-corrected chi connectivity index (χ0v) is 12.3. The van der Waals surface area contributed by atoms with E-state index in [0.29, 0.717) is 12.4 Å². The van der Waals surface area contributed by atoms with E-state index in [-0.39, 0.29) is 19.3 Å². The molecule has 0 saturated heterocycles. The molecule has 0 aliphatic heterocycles. The molecule has 114 valence electrons. The van der Waals surface area contributed by atoms with Crippen LogP contribution < -0.4 is 4.74 Å². The van der Waals surface area contributed by atoms with Crippen LogP contribution in [0.5, 0.6) is 5.75 Å². The zero-order chi connectivity index (χ0) is 15.0. The van der Waals surface area contributed by atoms with Gasteiger partial charge in [0.05, 0.1) is 25.4 Å². The van der Waals surface area contributed by atoms with E-state index in [0.717, 1.165) is 5.56 Å². The molecule has 0 radical (unpaired) electrons. The van der Waals surface area contributed by atoms with E-state index in [4.69, 9.17) is 14.2 Å². The monoisotopic (exact) mass is 284 g/mol. The summed E-state index contributed by atoms with van der Waals surface area (Å²) in [6.07, 6.45) is -1.31. The molecule has 0 aliphatic rings. The summed E-state index contributed by atoms with van der Waals surface area (Å²) in [6.45, 7) is 4.40. The first kappa shape index (κ1) is 16.9. The average Bonchev–Trinajstić information content (AvgIpc) is 2.43. The van der Waals surface area contributed by atoms with Gasteiger partial charge in [0.15, 0.2) is 0 Å². The van der Waals surface area contributed by atoms with E-state index in [1.54, 1.807) is 32.2 Å². The van der Waals surface area contributed by atoms with Crippen molar-refractivity contribution in [2.24, 2.45) is 0 Å². The zero-order valence-electron chi connectivity index (χ0n) is 12.3. The Morgan fingerprint density at radius 3 is 2.50 bits per heavy atom. The molecule has 0 aromatic heterocycles. The maximum atomic E-state index is 9.77. The van der Waals surface area contributed by atoms with Crippen LogP contribution in [-0.2, 0) is 9.47 Å². The van der Waals surface area contributed by atoms with Gasteiger partial charge in [0.25, 0.3) is 0 Å². The van der Waals surface area contributed by atoms with Gasteiger partial charge in [-0.05, 0) is 31.5 Å². The van der Waals surface area contributed by atoms with Gasteiger partial charge in [-0.2, -0.15) is 0 Å². The normalized spacial score (nSPS) is 15.7. The van der Waals surface area contributed by atoms with Gasteiger partial charge in [-0.1, -0.05) is 12.1 Å². The van der Waals surface area contributed by atoms with Crippen molar-refractivity contribution in [3.8, 4) is 5.75 Å². The van der Waals surface area contributed by atoms with E-state index in [9.17, 15) is 10.2 Å². The highest BCUT2D eigenvalue weighted by atomic mass is 16.5. The van der Waals surface area contributed by atoms with Crippen LogP contribution in [-0.4, -0.2) is 49.4 Å². The molecule has 5 nitrogen and oxygen atoms in total. The molecule has 0 heterocycles. The first-order valence-electron chi connectivity index (χ1n) is 6.72. The number of aliphatic hydroxyl groups is 2. The third-order valence-corrected chi connectivity index (χ3v) is 2.76. The Bertz CT molecular complexity index is 380. The van der Waals surface area contributed by atoms with Crippen LogP contribution in [0.4, 0.5) is 0 Å². The van der Waals surface area contributed by atoms with Gasteiger partial charge in [0.1, 0.15) is 18.5 Å². The molecule has 0 spiro atoms. The quantitative estimate of drug-likeness (QED) is 0.720. The van der Waals surface area contributed by atoms with Crippen molar-refractivity contribution in [2.45, 2.75) is 32.2 Å². The Morgan fingerprint density at radius 2 is 1.85 bits per heavy atom. The van der Waals surface area contributed by atoms with Gasteiger partial charge in [0, 0.05) is 7.11 Å². The van der Waals surface area contributed by atoms with Gasteiger partial charge in [0.2, 0.25) is 0 Å². The minimum atomic E-state index is -0.704. The lowest BCUT2D eigenvalue weighted by Gasteiger charge is -2.16. The van der Waals surface area contributed by atoms with Crippen LogP contribution in [0.25, 0.3) is 0 Å². The first-order valence-corrected chi connectivity index (χ1v) is 6.72. The van der Waals surface area contributed by atoms with E-state index in [1.165, 1.54) is 0 Å². The van der Waals surface area contributed by atoms with Gasteiger partial charge in [-0.3, -0.25) is 0 Å². The second-order valence-corrected chi connectivity index (χ2v) is 4.81. The molecule has 0 bridgehead atoms. The van der Waals surface area contributed by atoms with Gasteiger partial charge in [-0.25, -0.2) is 0 Å². The van der Waals surface area contributed by atoms with Gasteiger partial charge in [-0.15, -0.1) is 0 Å². The van der Waals surface area contributed by atoms with Crippen LogP contribution in [0, 0.1) is 0 Å². The van der Waals surface area contributed by atoms with Crippen molar-refractivity contribution in [3.63, 3.8) is 0 Å². The summed E-state index contributed by atoms with van der Waals surface area (Å²) in [5.41, 5.74) is 0.780. The van der Waals surface area contributed by atoms with E-state index in [2.05, 4.69) is 0 Å². The summed E-state index contributed by atoms with van der Waals surface area (Å²) < 4.78 is 15.8. The van der Waals surface area contributed by atoms with Crippen molar-refractivity contribution >= 4 is 0 Å². The SMILES string of the molecule is COCC(C)OCC(O)COc1cccc(C(C)O)c1. The minimum Gasteiger partial charge on any atom is -0.491 e. The molecule has 3 atom stereocenters. The first-order chi connectivity index (χ1) is 9.52. The highest BCUT2D eigenvalue weighted by Crippen LogP contribution is 2.18. The number of benzene rings is 1. The molecular weight excluding hydrogens is 260 g/mol. The number of ether oxygens (including phenoxy) is 3. The summed E-state index contributed by atoms with van der Waals surface area (Å²) in [7, 11) is 1.61.